The summed E-state index contributed by atoms with van der Waals surface area (Å²) in [6.45, 7) is 3.30. The van der Waals surface area contributed by atoms with Gasteiger partial charge in [-0.3, -0.25) is 0 Å². The minimum Gasteiger partial charge on any atom is -0.329 e. The van der Waals surface area contributed by atoms with Crippen molar-refractivity contribution in [2.24, 2.45) is 11.7 Å². The predicted molar refractivity (Wildman–Crippen MR) is 81.5 cm³/mol. The highest BCUT2D eigenvalue weighted by atomic mass is 32.2. The standard InChI is InChI=1S/C14H29N3O2S/c1-12-6-8-13(9-7-12)16(2)20(18,19)17-10-4-3-5-14(17)11-15/h12-14H,3-11,15H2,1-2H3. The summed E-state index contributed by atoms with van der Waals surface area (Å²) in [4.78, 5) is 0. The average Bonchev–Trinajstić information content (AvgIpc) is 2.47. The van der Waals surface area contributed by atoms with E-state index in [2.05, 4.69) is 6.92 Å². The fourth-order valence-corrected chi connectivity index (χ4v) is 5.32. The molecule has 2 fully saturated rings. The molecule has 0 aromatic heterocycles. The zero-order valence-electron chi connectivity index (χ0n) is 12.8. The Labute approximate surface area is 123 Å². The van der Waals surface area contributed by atoms with E-state index in [4.69, 9.17) is 5.73 Å². The van der Waals surface area contributed by atoms with Gasteiger partial charge in [0.05, 0.1) is 0 Å². The Morgan fingerprint density at radius 1 is 1.15 bits per heavy atom. The van der Waals surface area contributed by atoms with Gasteiger partial charge in [0.1, 0.15) is 0 Å². The van der Waals surface area contributed by atoms with E-state index in [-0.39, 0.29) is 12.1 Å². The maximum atomic E-state index is 12.8. The molecular weight excluding hydrogens is 274 g/mol. The van der Waals surface area contributed by atoms with Crippen LogP contribution in [0, 0.1) is 5.92 Å². The molecule has 0 aromatic rings. The van der Waals surface area contributed by atoms with Gasteiger partial charge in [-0.2, -0.15) is 17.0 Å². The molecule has 118 valence electrons. The van der Waals surface area contributed by atoms with Gasteiger partial charge in [-0.05, 0) is 44.4 Å². The maximum absolute atomic E-state index is 12.8. The van der Waals surface area contributed by atoms with Gasteiger partial charge in [0.2, 0.25) is 0 Å². The topological polar surface area (TPSA) is 66.6 Å². The molecule has 1 saturated carbocycles. The molecule has 1 saturated heterocycles. The Hall–Kier alpha value is -0.170. The molecule has 1 aliphatic heterocycles. The number of hydrogen-bond donors (Lipinski definition) is 1. The Balaban J connectivity index is 2.08. The van der Waals surface area contributed by atoms with Crippen LogP contribution in [0.5, 0.6) is 0 Å². The van der Waals surface area contributed by atoms with Crippen molar-refractivity contribution in [3.63, 3.8) is 0 Å². The molecule has 1 heterocycles. The third-order valence-electron chi connectivity index (χ3n) is 5.01. The maximum Gasteiger partial charge on any atom is 0.282 e. The predicted octanol–water partition coefficient (Wildman–Crippen LogP) is 1.55. The van der Waals surface area contributed by atoms with E-state index in [9.17, 15) is 8.42 Å². The molecule has 2 N–H and O–H groups in total. The second-order valence-electron chi connectivity index (χ2n) is 6.43. The summed E-state index contributed by atoms with van der Waals surface area (Å²) in [5.41, 5.74) is 5.76. The second kappa shape index (κ2) is 6.73. The van der Waals surface area contributed by atoms with E-state index in [1.54, 1.807) is 15.7 Å². The normalized spacial score (nSPS) is 33.5. The van der Waals surface area contributed by atoms with Crippen molar-refractivity contribution in [3.05, 3.63) is 0 Å². The molecule has 6 heteroatoms. The lowest BCUT2D eigenvalue weighted by Gasteiger charge is -2.40. The highest BCUT2D eigenvalue weighted by Crippen LogP contribution is 2.30. The molecule has 1 atom stereocenters. The molecule has 1 aliphatic carbocycles. The van der Waals surface area contributed by atoms with Gasteiger partial charge in [-0.25, -0.2) is 0 Å². The SMILES string of the molecule is CC1CCC(N(C)S(=O)(=O)N2CCCCC2CN)CC1. The van der Waals surface area contributed by atoms with Crippen LogP contribution in [0.25, 0.3) is 0 Å². The third-order valence-corrected chi connectivity index (χ3v) is 7.10. The lowest BCUT2D eigenvalue weighted by Crippen LogP contribution is -2.54. The van der Waals surface area contributed by atoms with Crippen molar-refractivity contribution in [3.8, 4) is 0 Å². The molecule has 0 bridgehead atoms. The van der Waals surface area contributed by atoms with Crippen molar-refractivity contribution < 1.29 is 8.42 Å². The molecule has 0 spiro atoms. The Morgan fingerprint density at radius 2 is 1.80 bits per heavy atom. The third kappa shape index (κ3) is 3.35. The number of hydrogen-bond acceptors (Lipinski definition) is 3. The lowest BCUT2D eigenvalue weighted by atomic mass is 9.87. The highest BCUT2D eigenvalue weighted by Gasteiger charge is 2.37. The summed E-state index contributed by atoms with van der Waals surface area (Å²) in [7, 11) is -1.61. The van der Waals surface area contributed by atoms with Gasteiger partial charge in [0.15, 0.2) is 0 Å². The smallest absolute Gasteiger partial charge is 0.282 e. The average molecular weight is 303 g/mol. The van der Waals surface area contributed by atoms with Crippen LogP contribution in [-0.4, -0.2) is 49.2 Å². The zero-order chi connectivity index (χ0) is 14.8. The van der Waals surface area contributed by atoms with Crippen LogP contribution in [-0.2, 0) is 10.2 Å². The number of rotatable bonds is 4. The van der Waals surface area contributed by atoms with Crippen molar-refractivity contribution in [1.82, 2.24) is 8.61 Å². The summed E-state index contributed by atoms with van der Waals surface area (Å²) in [5, 5.41) is 0. The van der Waals surface area contributed by atoms with Crippen LogP contribution in [0.3, 0.4) is 0 Å². The van der Waals surface area contributed by atoms with Gasteiger partial charge >= 0.3 is 0 Å². The molecule has 0 amide bonds. The lowest BCUT2D eigenvalue weighted by molar-refractivity contribution is 0.204. The molecule has 0 radical (unpaired) electrons. The van der Waals surface area contributed by atoms with Crippen LogP contribution >= 0.6 is 0 Å². The number of nitrogens with zero attached hydrogens (tertiary/aromatic N) is 2. The summed E-state index contributed by atoms with van der Waals surface area (Å²) in [5.74, 6) is 0.731. The Morgan fingerprint density at radius 3 is 2.40 bits per heavy atom. The summed E-state index contributed by atoms with van der Waals surface area (Å²) in [6.07, 6.45) is 7.15. The van der Waals surface area contributed by atoms with Crippen LogP contribution in [0.15, 0.2) is 0 Å². The molecule has 0 aromatic carbocycles. The largest absolute Gasteiger partial charge is 0.329 e. The van der Waals surface area contributed by atoms with Crippen LogP contribution in [0.4, 0.5) is 0 Å². The first-order chi connectivity index (χ1) is 9.46. The molecule has 2 rings (SSSR count). The first-order valence-electron chi connectivity index (χ1n) is 7.91. The minimum absolute atomic E-state index is 0.0151. The van der Waals surface area contributed by atoms with Crippen LogP contribution in [0.2, 0.25) is 0 Å². The van der Waals surface area contributed by atoms with Crippen LogP contribution in [0.1, 0.15) is 51.9 Å². The van der Waals surface area contributed by atoms with Crippen molar-refractivity contribution in [1.29, 1.82) is 0 Å². The van der Waals surface area contributed by atoms with Gasteiger partial charge in [0, 0.05) is 32.2 Å². The van der Waals surface area contributed by atoms with E-state index < -0.39 is 10.2 Å². The van der Waals surface area contributed by atoms with E-state index in [1.165, 1.54) is 0 Å². The van der Waals surface area contributed by atoms with E-state index in [0.29, 0.717) is 13.1 Å². The van der Waals surface area contributed by atoms with E-state index in [1.807, 2.05) is 0 Å². The quantitative estimate of drug-likeness (QED) is 0.857. The molecule has 20 heavy (non-hydrogen) atoms. The van der Waals surface area contributed by atoms with E-state index >= 15 is 0 Å². The molecular formula is C14H29N3O2S. The minimum atomic E-state index is -3.35. The first-order valence-corrected chi connectivity index (χ1v) is 9.31. The Kier molecular flexibility index (Phi) is 5.45. The van der Waals surface area contributed by atoms with Crippen LogP contribution < -0.4 is 5.73 Å². The van der Waals surface area contributed by atoms with Crippen molar-refractivity contribution >= 4 is 10.2 Å². The second-order valence-corrected chi connectivity index (χ2v) is 8.37. The van der Waals surface area contributed by atoms with Crippen molar-refractivity contribution in [2.75, 3.05) is 20.1 Å². The first kappa shape index (κ1) is 16.2. The summed E-state index contributed by atoms with van der Waals surface area (Å²) >= 11 is 0. The van der Waals surface area contributed by atoms with Crippen molar-refractivity contribution in [2.45, 2.75) is 64.0 Å². The zero-order valence-corrected chi connectivity index (χ0v) is 13.6. The number of piperidine rings is 1. The van der Waals surface area contributed by atoms with E-state index in [0.717, 1.165) is 50.9 Å². The van der Waals surface area contributed by atoms with Gasteiger partial charge in [-0.1, -0.05) is 13.3 Å². The fourth-order valence-electron chi connectivity index (χ4n) is 3.47. The Bertz CT molecular complexity index is 405. The number of nitrogens with two attached hydrogens (primary N) is 1. The fraction of sp³-hybridized carbons (Fsp3) is 1.00. The highest BCUT2D eigenvalue weighted by molar-refractivity contribution is 7.86. The summed E-state index contributed by atoms with van der Waals surface area (Å²) < 4.78 is 28.9. The molecule has 5 nitrogen and oxygen atoms in total. The van der Waals surface area contributed by atoms with Gasteiger partial charge < -0.3 is 5.73 Å². The van der Waals surface area contributed by atoms with Gasteiger partial charge in [-0.15, -0.1) is 0 Å². The monoisotopic (exact) mass is 303 g/mol. The molecule has 2 aliphatic rings. The summed E-state index contributed by atoms with van der Waals surface area (Å²) in [6, 6.07) is 0.148. The molecule has 1 unspecified atom stereocenters. The van der Waals surface area contributed by atoms with Gasteiger partial charge in [0.25, 0.3) is 10.2 Å².